The van der Waals surface area contributed by atoms with E-state index in [2.05, 4.69) is 17.4 Å². The molecule has 194 valence electrons. The summed E-state index contributed by atoms with van der Waals surface area (Å²) in [6.07, 6.45) is 2.98. The predicted octanol–water partition coefficient (Wildman–Crippen LogP) is 5.12. The summed E-state index contributed by atoms with van der Waals surface area (Å²) in [6, 6.07) is 23.8. The van der Waals surface area contributed by atoms with E-state index in [1.165, 1.54) is 22.6 Å². The van der Waals surface area contributed by atoms with E-state index >= 15 is 0 Å². The molecule has 3 amide bonds. The van der Waals surface area contributed by atoms with Gasteiger partial charge in [-0.3, -0.25) is 19.3 Å². The molecule has 5 rings (SSSR count). The molecular formula is C31H30N2O5. The van der Waals surface area contributed by atoms with E-state index in [-0.39, 0.29) is 35.1 Å². The highest BCUT2D eigenvalue weighted by Gasteiger charge is 2.50. The quantitative estimate of drug-likeness (QED) is 0.352. The molecular weight excluding hydrogens is 480 g/mol. The largest absolute Gasteiger partial charge is 0.452 e. The molecule has 1 aliphatic heterocycles. The van der Waals surface area contributed by atoms with Crippen LogP contribution < -0.4 is 10.2 Å². The number of ether oxygens (including phenoxy) is 1. The fraction of sp³-hybridized carbons (Fsp3) is 0.290. The van der Waals surface area contributed by atoms with Gasteiger partial charge in [-0.05, 0) is 73.1 Å². The molecule has 7 heteroatoms. The number of amides is 3. The zero-order valence-electron chi connectivity index (χ0n) is 21.3. The van der Waals surface area contributed by atoms with E-state index in [1.807, 2.05) is 43.3 Å². The number of imide groups is 1. The number of hydrogen-bond acceptors (Lipinski definition) is 5. The first-order valence-corrected chi connectivity index (χ1v) is 13.0. The van der Waals surface area contributed by atoms with Crippen molar-refractivity contribution in [1.82, 2.24) is 0 Å². The van der Waals surface area contributed by atoms with Crippen molar-refractivity contribution in [2.45, 2.75) is 38.5 Å². The molecule has 1 N–H and O–H groups in total. The standard InChI is InChI=1S/C31H30N2O5/c1-2-20-8-6-7-11-27(20)32-28(34)19-38-31(37)22-12-15-24(16-13-22)33-29(35)25-17-14-23(18-26(25)30(33)36)21-9-4-3-5-10-21/h3-13,15-16,23,25-26H,2,14,17-19H2,1H3,(H,32,34)/t23-,25+,26+/m0/s1. The van der Waals surface area contributed by atoms with Crippen LogP contribution in [0.4, 0.5) is 11.4 Å². The molecule has 0 spiro atoms. The van der Waals surface area contributed by atoms with Gasteiger partial charge in [0.1, 0.15) is 0 Å². The molecule has 1 aliphatic carbocycles. The number of fused-ring (bicyclic) bond motifs is 1. The molecule has 3 atom stereocenters. The predicted molar refractivity (Wildman–Crippen MR) is 144 cm³/mol. The van der Waals surface area contributed by atoms with Gasteiger partial charge in [0.15, 0.2) is 6.61 Å². The number of anilines is 2. The van der Waals surface area contributed by atoms with Crippen molar-refractivity contribution < 1.29 is 23.9 Å². The van der Waals surface area contributed by atoms with Gasteiger partial charge >= 0.3 is 5.97 Å². The molecule has 1 heterocycles. The van der Waals surface area contributed by atoms with Gasteiger partial charge in [-0.15, -0.1) is 0 Å². The van der Waals surface area contributed by atoms with Crippen molar-refractivity contribution in [3.05, 3.63) is 95.6 Å². The summed E-state index contributed by atoms with van der Waals surface area (Å²) in [5.41, 5.74) is 3.56. The van der Waals surface area contributed by atoms with Gasteiger partial charge in [0.05, 0.1) is 23.1 Å². The third-order valence-corrected chi connectivity index (χ3v) is 7.56. The van der Waals surface area contributed by atoms with Crippen LogP contribution in [0.1, 0.15) is 53.6 Å². The summed E-state index contributed by atoms with van der Waals surface area (Å²) in [5.74, 6) is -1.81. The maximum absolute atomic E-state index is 13.3. The van der Waals surface area contributed by atoms with Crippen molar-refractivity contribution in [3.63, 3.8) is 0 Å². The molecule has 2 aliphatic rings. The SMILES string of the molecule is CCc1ccccc1NC(=O)COC(=O)c1ccc(N2C(=O)[C@@H]3CC[C@H](c4ccccc4)C[C@H]3C2=O)cc1. The van der Waals surface area contributed by atoms with Gasteiger partial charge in [-0.2, -0.15) is 0 Å². The van der Waals surface area contributed by atoms with Crippen molar-refractivity contribution in [2.24, 2.45) is 11.8 Å². The van der Waals surface area contributed by atoms with E-state index in [0.29, 0.717) is 24.2 Å². The molecule has 0 aromatic heterocycles. The van der Waals surface area contributed by atoms with Crippen LogP contribution in [0.15, 0.2) is 78.9 Å². The fourth-order valence-corrected chi connectivity index (χ4v) is 5.56. The topological polar surface area (TPSA) is 92.8 Å². The molecule has 7 nitrogen and oxygen atoms in total. The van der Waals surface area contributed by atoms with Gasteiger partial charge in [0.2, 0.25) is 11.8 Å². The first-order chi connectivity index (χ1) is 18.5. The summed E-state index contributed by atoms with van der Waals surface area (Å²) < 4.78 is 5.18. The first-order valence-electron chi connectivity index (χ1n) is 13.0. The smallest absolute Gasteiger partial charge is 0.338 e. The van der Waals surface area contributed by atoms with E-state index in [9.17, 15) is 19.2 Å². The number of rotatable bonds is 7. The Hall–Kier alpha value is -4.26. The molecule has 1 saturated carbocycles. The Morgan fingerprint density at radius 1 is 0.868 bits per heavy atom. The summed E-state index contributed by atoms with van der Waals surface area (Å²) in [5, 5.41) is 2.76. The zero-order chi connectivity index (χ0) is 26.6. The van der Waals surface area contributed by atoms with Gasteiger partial charge in [-0.25, -0.2) is 4.79 Å². The van der Waals surface area contributed by atoms with Crippen LogP contribution in [0, 0.1) is 11.8 Å². The number of carbonyl (C=O) groups excluding carboxylic acids is 4. The molecule has 3 aromatic carbocycles. The number of esters is 1. The first kappa shape index (κ1) is 25.4. The monoisotopic (exact) mass is 510 g/mol. The maximum Gasteiger partial charge on any atom is 0.338 e. The van der Waals surface area contributed by atoms with Crippen LogP contribution in [-0.4, -0.2) is 30.3 Å². The lowest BCUT2D eigenvalue weighted by Crippen LogP contribution is -2.30. The lowest BCUT2D eigenvalue weighted by Gasteiger charge is -2.28. The van der Waals surface area contributed by atoms with Crippen molar-refractivity contribution in [1.29, 1.82) is 0 Å². The number of carbonyl (C=O) groups is 4. The molecule has 1 saturated heterocycles. The lowest BCUT2D eigenvalue weighted by atomic mass is 9.73. The second-order valence-electron chi connectivity index (χ2n) is 9.83. The van der Waals surface area contributed by atoms with E-state index in [0.717, 1.165) is 18.4 Å². The molecule has 0 bridgehead atoms. The Kier molecular flexibility index (Phi) is 7.36. The number of para-hydroxylation sites is 1. The average Bonchev–Trinajstić information content (AvgIpc) is 3.21. The van der Waals surface area contributed by atoms with Crippen LogP contribution in [0.5, 0.6) is 0 Å². The summed E-state index contributed by atoms with van der Waals surface area (Å²) in [4.78, 5) is 52.5. The highest BCUT2D eigenvalue weighted by Crippen LogP contribution is 2.45. The van der Waals surface area contributed by atoms with Crippen LogP contribution in [0.25, 0.3) is 0 Å². The van der Waals surface area contributed by atoms with Crippen LogP contribution >= 0.6 is 0 Å². The highest BCUT2D eigenvalue weighted by atomic mass is 16.5. The van der Waals surface area contributed by atoms with Crippen LogP contribution in [0.2, 0.25) is 0 Å². The molecule has 3 aromatic rings. The minimum atomic E-state index is -0.658. The number of nitrogens with one attached hydrogen (secondary N) is 1. The number of nitrogens with zero attached hydrogens (tertiary/aromatic N) is 1. The van der Waals surface area contributed by atoms with Gasteiger partial charge in [0, 0.05) is 5.69 Å². The second-order valence-corrected chi connectivity index (χ2v) is 9.83. The molecule has 0 radical (unpaired) electrons. The highest BCUT2D eigenvalue weighted by molar-refractivity contribution is 6.22. The lowest BCUT2D eigenvalue weighted by molar-refractivity contribution is -0.122. The van der Waals surface area contributed by atoms with E-state index in [4.69, 9.17) is 4.74 Å². The zero-order valence-corrected chi connectivity index (χ0v) is 21.3. The molecule has 38 heavy (non-hydrogen) atoms. The summed E-state index contributed by atoms with van der Waals surface area (Å²) in [7, 11) is 0. The average molecular weight is 511 g/mol. The van der Waals surface area contributed by atoms with Gasteiger partial charge in [-0.1, -0.05) is 55.5 Å². The minimum Gasteiger partial charge on any atom is -0.452 e. The maximum atomic E-state index is 13.3. The summed E-state index contributed by atoms with van der Waals surface area (Å²) in [6.45, 7) is 1.57. The van der Waals surface area contributed by atoms with Crippen molar-refractivity contribution in [3.8, 4) is 0 Å². The third-order valence-electron chi connectivity index (χ3n) is 7.56. The normalized spacial score (nSPS) is 20.7. The Balaban J connectivity index is 1.20. The van der Waals surface area contributed by atoms with E-state index < -0.39 is 18.5 Å². The van der Waals surface area contributed by atoms with Crippen molar-refractivity contribution >= 4 is 35.1 Å². The fourth-order valence-electron chi connectivity index (χ4n) is 5.56. The van der Waals surface area contributed by atoms with E-state index in [1.54, 1.807) is 18.2 Å². The third kappa shape index (κ3) is 5.09. The summed E-state index contributed by atoms with van der Waals surface area (Å²) >= 11 is 0. The molecule has 2 fully saturated rings. The Labute approximate surface area is 221 Å². The minimum absolute atomic E-state index is 0.175. The Morgan fingerprint density at radius 2 is 1.55 bits per heavy atom. The van der Waals surface area contributed by atoms with Crippen LogP contribution in [-0.2, 0) is 25.5 Å². The van der Waals surface area contributed by atoms with Crippen molar-refractivity contribution in [2.75, 3.05) is 16.8 Å². The Bertz CT molecular complexity index is 1350. The van der Waals surface area contributed by atoms with Gasteiger partial charge < -0.3 is 10.1 Å². The molecule has 0 unspecified atom stereocenters. The number of aryl methyl sites for hydroxylation is 1. The van der Waals surface area contributed by atoms with Gasteiger partial charge in [0.25, 0.3) is 5.91 Å². The number of benzene rings is 3. The van der Waals surface area contributed by atoms with Crippen LogP contribution in [0.3, 0.4) is 0 Å². The second kappa shape index (κ2) is 11.0. The number of hydrogen-bond donors (Lipinski definition) is 1. The Morgan fingerprint density at radius 3 is 2.29 bits per heavy atom.